The molecular formula is C20H24N6O2. The molecule has 3 aromatic rings. The van der Waals surface area contributed by atoms with E-state index >= 15 is 0 Å². The Kier molecular flexibility index (Phi) is 6.56. The lowest BCUT2D eigenvalue weighted by Crippen LogP contribution is -2.30. The minimum absolute atomic E-state index is 0.275. The van der Waals surface area contributed by atoms with Gasteiger partial charge in [0.1, 0.15) is 11.6 Å². The van der Waals surface area contributed by atoms with Gasteiger partial charge in [0.15, 0.2) is 5.82 Å². The fourth-order valence-electron chi connectivity index (χ4n) is 2.40. The quantitative estimate of drug-likeness (QED) is 0.556. The number of amides is 2. The van der Waals surface area contributed by atoms with Gasteiger partial charge in [-0.15, -0.1) is 0 Å². The molecule has 0 radical (unpaired) electrons. The van der Waals surface area contributed by atoms with E-state index in [0.29, 0.717) is 42.8 Å². The van der Waals surface area contributed by atoms with Crippen LogP contribution < -0.4 is 15.4 Å². The van der Waals surface area contributed by atoms with Crippen LogP contribution >= 0.6 is 0 Å². The zero-order valence-electron chi connectivity index (χ0n) is 16.0. The summed E-state index contributed by atoms with van der Waals surface area (Å²) in [6, 6.07) is 10.8. The topological polar surface area (TPSA) is 105 Å². The maximum absolute atomic E-state index is 12.0. The standard InChI is InChI=1S/C20H24N6O2/c1-14(2)13-28-17-7-5-16(6-8-17)23-20(27)22-11-9-18-24-19(26-25-18)15-4-3-10-21-12-15/h3-8,10,12,14H,9,11,13H2,1-2H3,(H2,22,23,27)(H,24,25,26). The number of H-pyrrole nitrogens is 1. The number of nitrogens with zero attached hydrogens (tertiary/aromatic N) is 3. The molecule has 1 aromatic carbocycles. The lowest BCUT2D eigenvalue weighted by molar-refractivity contribution is 0.252. The number of benzene rings is 1. The number of urea groups is 1. The molecule has 0 unspecified atom stereocenters. The smallest absolute Gasteiger partial charge is 0.319 e. The van der Waals surface area contributed by atoms with Gasteiger partial charge in [-0.05, 0) is 42.3 Å². The number of carbonyl (C=O) groups is 1. The van der Waals surface area contributed by atoms with Gasteiger partial charge in [-0.25, -0.2) is 9.78 Å². The Morgan fingerprint density at radius 3 is 2.75 bits per heavy atom. The largest absolute Gasteiger partial charge is 0.493 e. The summed E-state index contributed by atoms with van der Waals surface area (Å²) >= 11 is 0. The summed E-state index contributed by atoms with van der Waals surface area (Å²) in [6.07, 6.45) is 3.95. The normalized spacial score (nSPS) is 10.7. The maximum Gasteiger partial charge on any atom is 0.319 e. The van der Waals surface area contributed by atoms with Gasteiger partial charge < -0.3 is 15.4 Å². The van der Waals surface area contributed by atoms with Crippen molar-refractivity contribution in [2.75, 3.05) is 18.5 Å². The van der Waals surface area contributed by atoms with Crippen LogP contribution in [-0.2, 0) is 6.42 Å². The number of ether oxygens (including phenoxy) is 1. The van der Waals surface area contributed by atoms with E-state index in [1.165, 1.54) is 0 Å². The summed E-state index contributed by atoms with van der Waals surface area (Å²) < 4.78 is 5.63. The molecule has 8 heteroatoms. The molecule has 8 nitrogen and oxygen atoms in total. The number of aromatic nitrogens is 4. The van der Waals surface area contributed by atoms with Crippen LogP contribution in [0.4, 0.5) is 10.5 Å². The van der Waals surface area contributed by atoms with Crippen molar-refractivity contribution in [1.82, 2.24) is 25.5 Å². The second kappa shape index (κ2) is 9.50. The van der Waals surface area contributed by atoms with Crippen molar-refractivity contribution in [3.63, 3.8) is 0 Å². The number of rotatable bonds is 8. The Bertz CT molecular complexity index is 877. The highest BCUT2D eigenvalue weighted by Crippen LogP contribution is 2.16. The zero-order chi connectivity index (χ0) is 19.8. The molecule has 0 atom stereocenters. The highest BCUT2D eigenvalue weighted by atomic mass is 16.5. The van der Waals surface area contributed by atoms with Crippen molar-refractivity contribution in [3.05, 3.63) is 54.6 Å². The summed E-state index contributed by atoms with van der Waals surface area (Å²) in [5.74, 6) is 2.54. The van der Waals surface area contributed by atoms with E-state index < -0.39 is 0 Å². The van der Waals surface area contributed by atoms with E-state index in [1.807, 2.05) is 36.4 Å². The summed E-state index contributed by atoms with van der Waals surface area (Å²) in [5, 5.41) is 12.6. The number of pyridine rings is 1. The molecule has 0 saturated heterocycles. The van der Waals surface area contributed by atoms with Crippen LogP contribution in [0, 0.1) is 5.92 Å². The molecule has 0 aliphatic rings. The Morgan fingerprint density at radius 1 is 1.21 bits per heavy atom. The lowest BCUT2D eigenvalue weighted by atomic mass is 10.2. The lowest BCUT2D eigenvalue weighted by Gasteiger charge is -2.10. The second-order valence-corrected chi connectivity index (χ2v) is 6.71. The molecule has 28 heavy (non-hydrogen) atoms. The van der Waals surface area contributed by atoms with E-state index in [-0.39, 0.29) is 6.03 Å². The van der Waals surface area contributed by atoms with Crippen LogP contribution in [0.25, 0.3) is 11.4 Å². The molecule has 2 amide bonds. The van der Waals surface area contributed by atoms with Crippen LogP contribution in [0.2, 0.25) is 0 Å². The molecule has 2 heterocycles. The molecule has 0 saturated carbocycles. The van der Waals surface area contributed by atoms with Gasteiger partial charge in [0.2, 0.25) is 0 Å². The van der Waals surface area contributed by atoms with Gasteiger partial charge in [0.25, 0.3) is 0 Å². The number of nitrogens with one attached hydrogen (secondary N) is 3. The number of carbonyl (C=O) groups excluding carboxylic acids is 1. The molecule has 3 N–H and O–H groups in total. The highest BCUT2D eigenvalue weighted by molar-refractivity contribution is 5.89. The summed E-state index contributed by atoms with van der Waals surface area (Å²) in [5.41, 5.74) is 1.55. The van der Waals surface area contributed by atoms with Crippen LogP contribution in [0.1, 0.15) is 19.7 Å². The third-order valence-corrected chi connectivity index (χ3v) is 3.79. The van der Waals surface area contributed by atoms with Crippen molar-refractivity contribution in [2.45, 2.75) is 20.3 Å². The predicted molar refractivity (Wildman–Crippen MR) is 107 cm³/mol. The van der Waals surface area contributed by atoms with Crippen molar-refractivity contribution in [1.29, 1.82) is 0 Å². The SMILES string of the molecule is CC(C)COc1ccc(NC(=O)NCCc2nc(-c3cccnc3)n[nH]2)cc1. The number of anilines is 1. The van der Waals surface area contributed by atoms with Crippen molar-refractivity contribution < 1.29 is 9.53 Å². The number of hydrogen-bond donors (Lipinski definition) is 3. The first-order chi connectivity index (χ1) is 13.6. The summed E-state index contributed by atoms with van der Waals surface area (Å²) in [4.78, 5) is 20.5. The first-order valence-electron chi connectivity index (χ1n) is 9.19. The van der Waals surface area contributed by atoms with Gasteiger partial charge in [-0.1, -0.05) is 13.8 Å². The van der Waals surface area contributed by atoms with Crippen molar-refractivity contribution >= 4 is 11.7 Å². The molecular weight excluding hydrogens is 356 g/mol. The maximum atomic E-state index is 12.0. The third kappa shape index (κ3) is 5.80. The Labute approximate surface area is 163 Å². The molecule has 3 rings (SSSR count). The predicted octanol–water partition coefficient (Wildman–Crippen LogP) is 3.27. The fourth-order valence-corrected chi connectivity index (χ4v) is 2.40. The van der Waals surface area contributed by atoms with E-state index in [1.54, 1.807) is 12.4 Å². The third-order valence-electron chi connectivity index (χ3n) is 3.79. The minimum Gasteiger partial charge on any atom is -0.493 e. The van der Waals surface area contributed by atoms with Gasteiger partial charge in [0, 0.05) is 36.6 Å². The highest BCUT2D eigenvalue weighted by Gasteiger charge is 2.07. The van der Waals surface area contributed by atoms with E-state index in [2.05, 4.69) is 44.6 Å². The van der Waals surface area contributed by atoms with Crippen LogP contribution in [0.15, 0.2) is 48.8 Å². The molecule has 0 aliphatic heterocycles. The zero-order valence-corrected chi connectivity index (χ0v) is 16.0. The molecule has 2 aromatic heterocycles. The average molecular weight is 380 g/mol. The molecule has 0 bridgehead atoms. The Balaban J connectivity index is 1.42. The van der Waals surface area contributed by atoms with Crippen molar-refractivity contribution in [3.8, 4) is 17.1 Å². The number of aromatic amines is 1. The Morgan fingerprint density at radius 2 is 2.04 bits per heavy atom. The van der Waals surface area contributed by atoms with E-state index in [0.717, 1.165) is 11.3 Å². The fraction of sp³-hybridized carbons (Fsp3) is 0.300. The van der Waals surface area contributed by atoms with Crippen LogP contribution in [-0.4, -0.2) is 39.3 Å². The molecule has 146 valence electrons. The summed E-state index contributed by atoms with van der Waals surface area (Å²) in [7, 11) is 0. The average Bonchev–Trinajstić information content (AvgIpc) is 3.17. The summed E-state index contributed by atoms with van der Waals surface area (Å²) in [6.45, 7) is 5.29. The van der Waals surface area contributed by atoms with E-state index in [9.17, 15) is 4.79 Å². The first-order valence-corrected chi connectivity index (χ1v) is 9.19. The second-order valence-electron chi connectivity index (χ2n) is 6.71. The van der Waals surface area contributed by atoms with Crippen molar-refractivity contribution in [2.24, 2.45) is 5.92 Å². The van der Waals surface area contributed by atoms with Gasteiger partial charge in [0.05, 0.1) is 6.61 Å². The van der Waals surface area contributed by atoms with Crippen LogP contribution in [0.5, 0.6) is 5.75 Å². The number of hydrogen-bond acceptors (Lipinski definition) is 5. The van der Waals surface area contributed by atoms with E-state index in [4.69, 9.17) is 4.74 Å². The van der Waals surface area contributed by atoms with Gasteiger partial charge in [-0.2, -0.15) is 5.10 Å². The first kappa shape index (κ1) is 19.3. The molecule has 0 aliphatic carbocycles. The molecule has 0 spiro atoms. The Hall–Kier alpha value is -3.42. The molecule has 0 fully saturated rings. The van der Waals surface area contributed by atoms with Gasteiger partial charge in [-0.3, -0.25) is 10.1 Å². The van der Waals surface area contributed by atoms with Crippen LogP contribution in [0.3, 0.4) is 0 Å². The minimum atomic E-state index is -0.275. The monoisotopic (exact) mass is 380 g/mol. The van der Waals surface area contributed by atoms with Gasteiger partial charge >= 0.3 is 6.03 Å².